The molecule has 0 aromatic heterocycles. The zero-order valence-corrected chi connectivity index (χ0v) is 28.2. The summed E-state index contributed by atoms with van der Waals surface area (Å²) in [6, 6.07) is 25.5. The van der Waals surface area contributed by atoms with Crippen molar-refractivity contribution in [3.8, 4) is 0 Å². The lowest BCUT2D eigenvalue weighted by Crippen LogP contribution is -2.54. The zero-order valence-electron chi connectivity index (χ0n) is 25.9. The van der Waals surface area contributed by atoms with E-state index in [1.165, 1.54) is 41.3 Å². The summed E-state index contributed by atoms with van der Waals surface area (Å²) in [4.78, 5) is 40.7. The third-order valence-electron chi connectivity index (χ3n) is 8.32. The van der Waals surface area contributed by atoms with E-state index >= 15 is 0 Å². The first-order chi connectivity index (χ1) is 23.0. The lowest BCUT2D eigenvalue weighted by molar-refractivity contribution is -0.384. The number of amides is 2. The first-order valence-electron chi connectivity index (χ1n) is 15.4. The van der Waals surface area contributed by atoms with Crippen LogP contribution in [0.2, 0.25) is 10.0 Å². The number of nitrogens with one attached hydrogen (secondary N) is 1. The maximum atomic E-state index is 14.6. The molecular formula is C35H34Cl2N4O6S. The molecule has 10 nitrogen and oxygen atoms in total. The summed E-state index contributed by atoms with van der Waals surface area (Å²) in [5.74, 6) is -1.08. The van der Waals surface area contributed by atoms with Crippen LogP contribution in [0.15, 0.2) is 108 Å². The minimum atomic E-state index is -4.37. The largest absolute Gasteiger partial charge is 0.352 e. The lowest BCUT2D eigenvalue weighted by atomic mass is 10.0. The van der Waals surface area contributed by atoms with Crippen molar-refractivity contribution in [3.63, 3.8) is 0 Å². The Bertz CT molecular complexity index is 1840. The molecule has 5 rings (SSSR count). The normalized spacial score (nSPS) is 13.9. The van der Waals surface area contributed by atoms with Crippen LogP contribution in [0.1, 0.15) is 36.8 Å². The standard InChI is InChI=1S/C35H34Cl2N4O6S/c36-31-16-9-17-32(37)30(31)23-39(33(22-25-10-3-1-4-11-25)35(43)38-26-12-7-8-13-26)34(42)24-40(27-18-20-28(21-19-27)41(44)45)48(46,47)29-14-5-2-6-15-29/h1-6,9-11,14-21,26,33H,7-8,12-13,22-24H2,(H,38,43). The van der Waals surface area contributed by atoms with E-state index in [1.54, 1.807) is 36.4 Å². The van der Waals surface area contributed by atoms with E-state index in [9.17, 15) is 28.1 Å². The zero-order chi connectivity index (χ0) is 34.3. The molecule has 1 atom stereocenters. The van der Waals surface area contributed by atoms with Crippen molar-refractivity contribution in [2.24, 2.45) is 0 Å². The summed E-state index contributed by atoms with van der Waals surface area (Å²) in [5.41, 5.74) is 0.970. The minimum Gasteiger partial charge on any atom is -0.352 e. The molecule has 4 aromatic rings. The monoisotopic (exact) mass is 708 g/mol. The van der Waals surface area contributed by atoms with E-state index in [-0.39, 0.29) is 51.2 Å². The second-order valence-corrected chi connectivity index (χ2v) is 14.2. The van der Waals surface area contributed by atoms with E-state index in [0.29, 0.717) is 5.56 Å². The van der Waals surface area contributed by atoms with Crippen LogP contribution in [0.5, 0.6) is 0 Å². The van der Waals surface area contributed by atoms with Gasteiger partial charge in [-0.3, -0.25) is 24.0 Å². The number of carbonyl (C=O) groups excluding carboxylic acids is 2. The van der Waals surface area contributed by atoms with Gasteiger partial charge in [-0.15, -0.1) is 0 Å². The summed E-state index contributed by atoms with van der Waals surface area (Å²) < 4.78 is 29.1. The van der Waals surface area contributed by atoms with Crippen LogP contribution in [0, 0.1) is 10.1 Å². The van der Waals surface area contributed by atoms with Gasteiger partial charge in [0, 0.05) is 46.7 Å². The van der Waals surface area contributed by atoms with Gasteiger partial charge in [-0.2, -0.15) is 0 Å². The predicted molar refractivity (Wildman–Crippen MR) is 185 cm³/mol. The maximum absolute atomic E-state index is 14.6. The molecule has 1 fully saturated rings. The minimum absolute atomic E-state index is 0.0311. The topological polar surface area (TPSA) is 130 Å². The summed E-state index contributed by atoms with van der Waals surface area (Å²) >= 11 is 13.1. The van der Waals surface area contributed by atoms with E-state index < -0.39 is 33.4 Å². The Morgan fingerprint density at radius 2 is 1.44 bits per heavy atom. The van der Waals surface area contributed by atoms with Gasteiger partial charge in [0.1, 0.15) is 12.6 Å². The number of anilines is 1. The fourth-order valence-electron chi connectivity index (χ4n) is 5.76. The van der Waals surface area contributed by atoms with Crippen LogP contribution in [-0.2, 0) is 32.6 Å². The van der Waals surface area contributed by atoms with Crippen molar-refractivity contribution in [1.82, 2.24) is 10.2 Å². The molecule has 0 radical (unpaired) electrons. The van der Waals surface area contributed by atoms with Gasteiger partial charge in [-0.1, -0.05) is 90.6 Å². The molecule has 0 saturated heterocycles. The molecule has 0 bridgehead atoms. The number of hydrogen-bond acceptors (Lipinski definition) is 6. The van der Waals surface area contributed by atoms with Crippen LogP contribution in [0.25, 0.3) is 0 Å². The third-order valence-corrected chi connectivity index (χ3v) is 10.8. The second-order valence-electron chi connectivity index (χ2n) is 11.5. The Kier molecular flexibility index (Phi) is 11.4. The van der Waals surface area contributed by atoms with E-state index in [4.69, 9.17) is 23.2 Å². The number of halogens is 2. The Labute approximate surface area is 289 Å². The maximum Gasteiger partial charge on any atom is 0.269 e. The van der Waals surface area contributed by atoms with Gasteiger partial charge in [-0.25, -0.2) is 8.42 Å². The predicted octanol–water partition coefficient (Wildman–Crippen LogP) is 6.80. The van der Waals surface area contributed by atoms with Gasteiger partial charge in [-0.05, 0) is 54.8 Å². The van der Waals surface area contributed by atoms with Crippen LogP contribution >= 0.6 is 23.2 Å². The smallest absolute Gasteiger partial charge is 0.269 e. The van der Waals surface area contributed by atoms with Crippen LogP contribution in [0.3, 0.4) is 0 Å². The number of nitro groups is 1. The molecule has 0 spiro atoms. The third kappa shape index (κ3) is 8.33. The summed E-state index contributed by atoms with van der Waals surface area (Å²) in [7, 11) is -4.37. The van der Waals surface area contributed by atoms with Crippen LogP contribution < -0.4 is 9.62 Å². The first kappa shape index (κ1) is 34.9. The van der Waals surface area contributed by atoms with Gasteiger partial charge in [0.05, 0.1) is 15.5 Å². The van der Waals surface area contributed by atoms with E-state index in [0.717, 1.165) is 35.6 Å². The molecule has 250 valence electrons. The number of non-ortho nitro benzene ring substituents is 1. The van der Waals surface area contributed by atoms with Crippen LogP contribution in [-0.4, -0.2) is 48.7 Å². The SMILES string of the molecule is O=C(NC1CCCC1)C(Cc1ccccc1)N(Cc1c(Cl)cccc1Cl)C(=O)CN(c1ccc([N+](=O)[O-])cc1)S(=O)(=O)c1ccccc1. The van der Waals surface area contributed by atoms with Crippen LogP contribution in [0.4, 0.5) is 11.4 Å². The molecule has 1 N–H and O–H groups in total. The highest BCUT2D eigenvalue weighted by Crippen LogP contribution is 2.30. The molecule has 2 amide bonds. The Morgan fingerprint density at radius 1 is 0.854 bits per heavy atom. The second kappa shape index (κ2) is 15.6. The fraction of sp³-hybridized carbons (Fsp3) is 0.257. The highest BCUT2D eigenvalue weighted by Gasteiger charge is 2.36. The van der Waals surface area contributed by atoms with E-state index in [2.05, 4.69) is 5.32 Å². The van der Waals surface area contributed by atoms with Crippen molar-refractivity contribution in [3.05, 3.63) is 134 Å². The molecule has 1 saturated carbocycles. The Morgan fingerprint density at radius 3 is 2.02 bits per heavy atom. The molecule has 4 aromatic carbocycles. The van der Waals surface area contributed by atoms with E-state index in [1.807, 2.05) is 30.3 Å². The van der Waals surface area contributed by atoms with Gasteiger partial charge >= 0.3 is 0 Å². The fourth-order valence-corrected chi connectivity index (χ4v) is 7.72. The summed E-state index contributed by atoms with van der Waals surface area (Å²) in [5, 5.41) is 15.0. The number of rotatable bonds is 13. The average Bonchev–Trinajstić information content (AvgIpc) is 3.60. The number of hydrogen-bond donors (Lipinski definition) is 1. The molecule has 0 heterocycles. The highest BCUT2D eigenvalue weighted by atomic mass is 35.5. The summed E-state index contributed by atoms with van der Waals surface area (Å²) in [6.07, 6.45) is 3.73. The van der Waals surface area contributed by atoms with Crippen molar-refractivity contribution >= 4 is 56.4 Å². The first-order valence-corrected chi connectivity index (χ1v) is 17.6. The quantitative estimate of drug-likeness (QED) is 0.120. The number of benzene rings is 4. The number of nitro benzene ring substituents is 1. The van der Waals surface area contributed by atoms with Gasteiger partial charge in [0.15, 0.2) is 0 Å². The number of sulfonamides is 1. The molecule has 0 aliphatic heterocycles. The van der Waals surface area contributed by atoms with Gasteiger partial charge < -0.3 is 10.2 Å². The molecule has 1 unspecified atom stereocenters. The lowest BCUT2D eigenvalue weighted by Gasteiger charge is -2.34. The molecule has 13 heteroatoms. The Hall–Kier alpha value is -4.45. The highest BCUT2D eigenvalue weighted by molar-refractivity contribution is 7.92. The average molecular weight is 710 g/mol. The Balaban J connectivity index is 1.59. The van der Waals surface area contributed by atoms with Gasteiger partial charge in [0.25, 0.3) is 15.7 Å². The molecule has 48 heavy (non-hydrogen) atoms. The van der Waals surface area contributed by atoms with Crippen molar-refractivity contribution in [2.45, 2.75) is 55.6 Å². The van der Waals surface area contributed by atoms with Crippen molar-refractivity contribution in [1.29, 1.82) is 0 Å². The number of nitrogens with zero attached hydrogens (tertiary/aromatic N) is 3. The van der Waals surface area contributed by atoms with Gasteiger partial charge in [0.2, 0.25) is 11.8 Å². The molecular weight excluding hydrogens is 675 g/mol. The summed E-state index contributed by atoms with van der Waals surface area (Å²) in [6.45, 7) is -0.911. The number of carbonyl (C=O) groups is 2. The molecule has 1 aliphatic carbocycles. The van der Waals surface area contributed by atoms with Crippen molar-refractivity contribution in [2.75, 3.05) is 10.8 Å². The molecule has 1 aliphatic rings. The van der Waals surface area contributed by atoms with Crippen molar-refractivity contribution < 1.29 is 22.9 Å².